The first-order valence-electron chi connectivity index (χ1n) is 8.00. The molecule has 1 fully saturated rings. The van der Waals surface area contributed by atoms with Gasteiger partial charge >= 0.3 is 0 Å². The monoisotopic (exact) mass is 313 g/mol. The largest absolute Gasteiger partial charge is 0.355 e. The number of rotatable bonds is 3. The maximum Gasteiger partial charge on any atom is 0.272 e. The van der Waals surface area contributed by atoms with Gasteiger partial charge in [0.2, 0.25) is 0 Å². The highest BCUT2D eigenvalue weighted by molar-refractivity contribution is 5.92. The molecule has 122 valence electrons. The molecule has 2 aromatic heterocycles. The predicted octanol–water partition coefficient (Wildman–Crippen LogP) is 1.86. The lowest BCUT2D eigenvalue weighted by atomic mass is 10.0. The summed E-state index contributed by atoms with van der Waals surface area (Å²) in [7, 11) is 3.68. The van der Waals surface area contributed by atoms with E-state index in [1.54, 1.807) is 24.0 Å². The second-order valence-corrected chi connectivity index (χ2v) is 6.14. The molecule has 23 heavy (non-hydrogen) atoms. The Labute approximate surface area is 136 Å². The van der Waals surface area contributed by atoms with Gasteiger partial charge in [-0.25, -0.2) is 4.98 Å². The number of carbonyl (C=O) groups excluding carboxylic acids is 1. The Hall–Kier alpha value is -2.37. The molecule has 6 nitrogen and oxygen atoms in total. The Morgan fingerprint density at radius 3 is 2.87 bits per heavy atom. The molecule has 1 saturated heterocycles. The number of pyridine rings is 1. The van der Waals surface area contributed by atoms with Gasteiger partial charge in [0.05, 0.1) is 0 Å². The van der Waals surface area contributed by atoms with Crippen LogP contribution in [0.4, 0.5) is 5.82 Å². The molecule has 0 radical (unpaired) electrons. The summed E-state index contributed by atoms with van der Waals surface area (Å²) in [6.07, 6.45) is 3.73. The van der Waals surface area contributed by atoms with E-state index in [9.17, 15) is 4.79 Å². The van der Waals surface area contributed by atoms with Crippen molar-refractivity contribution in [1.82, 2.24) is 19.7 Å². The molecule has 6 heteroatoms. The van der Waals surface area contributed by atoms with Crippen LogP contribution in [0, 0.1) is 6.92 Å². The van der Waals surface area contributed by atoms with Gasteiger partial charge in [0.15, 0.2) is 0 Å². The molecule has 0 spiro atoms. The summed E-state index contributed by atoms with van der Waals surface area (Å²) in [5.41, 5.74) is 1.64. The minimum absolute atomic E-state index is 0.0223. The number of amides is 1. The lowest BCUT2D eigenvalue weighted by Gasteiger charge is -2.38. The summed E-state index contributed by atoms with van der Waals surface area (Å²) < 4.78 is 1.63. The van der Waals surface area contributed by atoms with Crippen LogP contribution in [0.3, 0.4) is 0 Å². The lowest BCUT2D eigenvalue weighted by Crippen LogP contribution is -2.49. The van der Waals surface area contributed by atoms with E-state index in [2.05, 4.69) is 15.0 Å². The zero-order valence-electron chi connectivity index (χ0n) is 13.9. The zero-order chi connectivity index (χ0) is 16.4. The molecule has 0 saturated carbocycles. The average Bonchev–Trinajstić information content (AvgIpc) is 2.99. The SMILES string of the molecule is Cc1cccc(N2CCCC(N(C)C(=O)c3ccnn3C)C2)n1. The highest BCUT2D eigenvalue weighted by Gasteiger charge is 2.28. The third kappa shape index (κ3) is 3.21. The molecule has 1 atom stereocenters. The van der Waals surface area contributed by atoms with Crippen LogP contribution in [-0.4, -0.2) is 51.8 Å². The van der Waals surface area contributed by atoms with Crippen LogP contribution in [0.2, 0.25) is 0 Å². The minimum atomic E-state index is 0.0223. The number of piperidine rings is 1. The van der Waals surface area contributed by atoms with Crippen molar-refractivity contribution >= 4 is 11.7 Å². The summed E-state index contributed by atoms with van der Waals surface area (Å²) in [6.45, 7) is 3.81. The van der Waals surface area contributed by atoms with Gasteiger partial charge in [0, 0.05) is 45.1 Å². The van der Waals surface area contributed by atoms with E-state index < -0.39 is 0 Å². The summed E-state index contributed by atoms with van der Waals surface area (Å²) in [4.78, 5) is 21.4. The van der Waals surface area contributed by atoms with Crippen molar-refractivity contribution < 1.29 is 4.79 Å². The third-order valence-corrected chi connectivity index (χ3v) is 4.50. The summed E-state index contributed by atoms with van der Waals surface area (Å²) in [6, 6.07) is 8.03. The fourth-order valence-corrected chi connectivity index (χ4v) is 3.11. The molecule has 1 amide bonds. The average molecular weight is 313 g/mol. The van der Waals surface area contributed by atoms with E-state index in [1.165, 1.54) is 0 Å². The van der Waals surface area contributed by atoms with Gasteiger partial charge in [0.25, 0.3) is 5.91 Å². The number of anilines is 1. The van der Waals surface area contributed by atoms with Crippen molar-refractivity contribution in [2.24, 2.45) is 7.05 Å². The van der Waals surface area contributed by atoms with Crippen molar-refractivity contribution in [2.45, 2.75) is 25.8 Å². The van der Waals surface area contributed by atoms with Gasteiger partial charge in [-0.2, -0.15) is 5.10 Å². The van der Waals surface area contributed by atoms with E-state index in [1.807, 2.05) is 37.1 Å². The Bertz CT molecular complexity index is 696. The van der Waals surface area contributed by atoms with Crippen molar-refractivity contribution in [3.63, 3.8) is 0 Å². The fraction of sp³-hybridized carbons (Fsp3) is 0.471. The second kappa shape index (κ2) is 6.40. The molecule has 1 aliphatic rings. The van der Waals surface area contributed by atoms with Gasteiger partial charge < -0.3 is 9.80 Å². The number of hydrogen-bond donors (Lipinski definition) is 0. The Balaban J connectivity index is 1.73. The van der Waals surface area contributed by atoms with Crippen molar-refractivity contribution in [2.75, 3.05) is 25.0 Å². The summed E-state index contributed by atoms with van der Waals surface area (Å²) in [5, 5.41) is 4.09. The molecule has 1 aliphatic heterocycles. The van der Waals surface area contributed by atoms with E-state index in [0.717, 1.165) is 37.4 Å². The van der Waals surface area contributed by atoms with Gasteiger partial charge in [0.1, 0.15) is 11.5 Å². The molecule has 0 aliphatic carbocycles. The van der Waals surface area contributed by atoms with Gasteiger partial charge in [-0.05, 0) is 38.0 Å². The highest BCUT2D eigenvalue weighted by Crippen LogP contribution is 2.21. The number of carbonyl (C=O) groups is 1. The molecule has 0 bridgehead atoms. The van der Waals surface area contributed by atoms with Gasteiger partial charge in [-0.3, -0.25) is 9.48 Å². The van der Waals surface area contributed by atoms with Crippen LogP contribution in [0.1, 0.15) is 29.0 Å². The number of aromatic nitrogens is 3. The fourth-order valence-electron chi connectivity index (χ4n) is 3.11. The molecule has 0 N–H and O–H groups in total. The number of aryl methyl sites for hydroxylation is 2. The molecular weight excluding hydrogens is 290 g/mol. The molecule has 2 aromatic rings. The maximum atomic E-state index is 12.7. The highest BCUT2D eigenvalue weighted by atomic mass is 16.2. The predicted molar refractivity (Wildman–Crippen MR) is 89.5 cm³/mol. The van der Waals surface area contributed by atoms with Gasteiger partial charge in [-0.1, -0.05) is 6.07 Å². The van der Waals surface area contributed by atoms with Crippen LogP contribution in [0.5, 0.6) is 0 Å². The normalized spacial score (nSPS) is 18.0. The first kappa shape index (κ1) is 15.5. The Morgan fingerprint density at radius 2 is 2.17 bits per heavy atom. The van der Waals surface area contributed by atoms with Crippen molar-refractivity contribution in [3.05, 3.63) is 41.9 Å². The van der Waals surface area contributed by atoms with Gasteiger partial charge in [-0.15, -0.1) is 0 Å². The molecule has 0 aromatic carbocycles. The number of hydrogen-bond acceptors (Lipinski definition) is 4. The van der Waals surface area contributed by atoms with Crippen LogP contribution >= 0.6 is 0 Å². The Kier molecular flexibility index (Phi) is 4.32. The zero-order valence-corrected chi connectivity index (χ0v) is 13.9. The topological polar surface area (TPSA) is 54.3 Å². The first-order chi connectivity index (χ1) is 11.1. The van der Waals surface area contributed by atoms with E-state index >= 15 is 0 Å². The first-order valence-corrected chi connectivity index (χ1v) is 8.00. The van der Waals surface area contributed by atoms with Crippen LogP contribution < -0.4 is 4.90 Å². The van der Waals surface area contributed by atoms with E-state index in [0.29, 0.717) is 5.69 Å². The molecule has 1 unspecified atom stereocenters. The number of nitrogens with zero attached hydrogens (tertiary/aromatic N) is 5. The third-order valence-electron chi connectivity index (χ3n) is 4.50. The second-order valence-electron chi connectivity index (χ2n) is 6.14. The molecular formula is C17H23N5O. The van der Waals surface area contributed by atoms with Crippen molar-refractivity contribution in [1.29, 1.82) is 0 Å². The van der Waals surface area contributed by atoms with Crippen LogP contribution in [0.15, 0.2) is 30.5 Å². The quantitative estimate of drug-likeness (QED) is 0.868. The van der Waals surface area contributed by atoms with Crippen LogP contribution in [-0.2, 0) is 7.05 Å². The minimum Gasteiger partial charge on any atom is -0.355 e. The van der Waals surface area contributed by atoms with Crippen molar-refractivity contribution in [3.8, 4) is 0 Å². The standard InChI is InChI=1S/C17H23N5O/c1-13-6-4-8-16(19-13)22-11-5-7-14(12-22)20(2)17(23)15-9-10-18-21(15)3/h4,6,8-10,14H,5,7,11-12H2,1-3H3. The van der Waals surface area contributed by atoms with E-state index in [-0.39, 0.29) is 11.9 Å². The maximum absolute atomic E-state index is 12.7. The smallest absolute Gasteiger partial charge is 0.272 e. The Morgan fingerprint density at radius 1 is 1.35 bits per heavy atom. The molecule has 3 rings (SSSR count). The van der Waals surface area contributed by atoms with Crippen LogP contribution in [0.25, 0.3) is 0 Å². The lowest BCUT2D eigenvalue weighted by molar-refractivity contribution is 0.0706. The summed E-state index contributed by atoms with van der Waals surface area (Å²) >= 11 is 0. The molecule has 3 heterocycles. The number of likely N-dealkylation sites (N-methyl/N-ethyl adjacent to an activating group) is 1. The summed E-state index contributed by atoms with van der Waals surface area (Å²) in [5.74, 6) is 1.02. The van der Waals surface area contributed by atoms with E-state index in [4.69, 9.17) is 0 Å².